The van der Waals surface area contributed by atoms with Crippen LogP contribution in [0.1, 0.15) is 34.6 Å². The Balaban J connectivity index is 1.66. The molecular formula is C29H35N5O10S. The van der Waals surface area contributed by atoms with Gasteiger partial charge in [-0.2, -0.15) is 0 Å². The van der Waals surface area contributed by atoms with Crippen molar-refractivity contribution in [3.63, 3.8) is 0 Å². The van der Waals surface area contributed by atoms with E-state index in [1.165, 1.54) is 32.8 Å². The summed E-state index contributed by atoms with van der Waals surface area (Å²) in [5.74, 6) is -7.56. The van der Waals surface area contributed by atoms with Gasteiger partial charge in [-0.15, -0.1) is 0 Å². The topological polar surface area (TPSA) is 237 Å². The highest BCUT2D eigenvalue weighted by Gasteiger charge is 2.64. The van der Waals surface area contributed by atoms with Crippen LogP contribution in [0.4, 0.5) is 5.69 Å². The Kier molecular flexibility index (Phi) is 7.63. The van der Waals surface area contributed by atoms with Crippen LogP contribution in [-0.4, -0.2) is 96.2 Å². The van der Waals surface area contributed by atoms with Crippen molar-refractivity contribution in [2.45, 2.75) is 49.8 Å². The van der Waals surface area contributed by atoms with Gasteiger partial charge in [-0.1, -0.05) is 5.16 Å². The molecule has 1 amide bonds. The van der Waals surface area contributed by atoms with E-state index in [1.54, 1.807) is 25.1 Å². The Labute approximate surface area is 258 Å². The lowest BCUT2D eigenvalue weighted by molar-refractivity contribution is -0.153. The van der Waals surface area contributed by atoms with Crippen molar-refractivity contribution in [3.05, 3.63) is 51.1 Å². The molecule has 0 radical (unpaired) electrons. The highest BCUT2D eigenvalue weighted by Crippen LogP contribution is 2.54. The molecule has 1 fully saturated rings. The van der Waals surface area contributed by atoms with Crippen LogP contribution in [0.3, 0.4) is 0 Å². The molecule has 1 aromatic carbocycles. The SMILES string of the molecule is Cc1noc(C)c1S(=O)(=O)NCc1cc(N(C)C)c2c(c1O)C(O)=C1C(=O)[C@@]3(O)C(O)=C(C(N)=O)C(=O)[C@H](N(C)C)[C@H]3C[C@H]1C2. The molecule has 2 aromatic rings. The number of benzene rings is 1. The van der Waals surface area contributed by atoms with Gasteiger partial charge in [-0.05, 0) is 58.3 Å². The molecular weight excluding hydrogens is 610 g/mol. The second-order valence-corrected chi connectivity index (χ2v) is 13.8. The molecule has 242 valence electrons. The van der Waals surface area contributed by atoms with E-state index in [9.17, 15) is 43.2 Å². The van der Waals surface area contributed by atoms with E-state index in [-0.39, 0.29) is 45.9 Å². The number of hydrogen-bond acceptors (Lipinski definition) is 13. The van der Waals surface area contributed by atoms with Crippen LogP contribution >= 0.6 is 0 Å². The minimum absolute atomic E-state index is 0.0572. The van der Waals surface area contributed by atoms with Crippen LogP contribution in [0.15, 0.2) is 32.4 Å². The van der Waals surface area contributed by atoms with Crippen molar-refractivity contribution in [3.8, 4) is 5.75 Å². The van der Waals surface area contributed by atoms with E-state index in [4.69, 9.17) is 10.3 Å². The van der Waals surface area contributed by atoms with E-state index in [0.717, 1.165) is 0 Å². The summed E-state index contributed by atoms with van der Waals surface area (Å²) in [5.41, 5.74) is 2.40. The molecule has 4 atom stereocenters. The number of nitrogens with one attached hydrogen (secondary N) is 1. The average Bonchev–Trinajstić information content (AvgIpc) is 3.28. The monoisotopic (exact) mass is 645 g/mol. The molecule has 5 rings (SSSR count). The number of ketones is 2. The lowest BCUT2D eigenvalue weighted by atomic mass is 9.57. The number of aliphatic hydroxyl groups is 3. The summed E-state index contributed by atoms with van der Waals surface area (Å²) < 4.78 is 33.5. The number of carbonyl (C=O) groups is 3. The summed E-state index contributed by atoms with van der Waals surface area (Å²) in [5, 5.41) is 49.5. The molecule has 0 spiro atoms. The summed E-state index contributed by atoms with van der Waals surface area (Å²) in [7, 11) is 2.33. The number of nitrogens with zero attached hydrogens (tertiary/aromatic N) is 3. The van der Waals surface area contributed by atoms with Gasteiger partial charge in [0.05, 0.1) is 11.6 Å². The summed E-state index contributed by atoms with van der Waals surface area (Å²) in [4.78, 5) is 42.6. The third-order valence-electron chi connectivity index (χ3n) is 8.95. The maximum Gasteiger partial charge on any atom is 0.255 e. The number of aryl methyl sites for hydroxylation is 2. The molecule has 3 aliphatic rings. The molecule has 45 heavy (non-hydrogen) atoms. The van der Waals surface area contributed by atoms with Crippen LogP contribution < -0.4 is 15.4 Å². The van der Waals surface area contributed by atoms with Gasteiger partial charge >= 0.3 is 0 Å². The van der Waals surface area contributed by atoms with Crippen LogP contribution in [-0.2, 0) is 37.4 Å². The number of likely N-dealkylation sites (N-methyl/N-ethyl adjacent to an activating group) is 1. The van der Waals surface area contributed by atoms with Gasteiger partial charge in [0, 0.05) is 43.4 Å². The first-order chi connectivity index (χ1) is 20.9. The Morgan fingerprint density at radius 3 is 2.36 bits per heavy atom. The second kappa shape index (κ2) is 10.7. The number of amides is 1. The van der Waals surface area contributed by atoms with Crippen molar-refractivity contribution in [1.29, 1.82) is 0 Å². The molecule has 0 saturated heterocycles. The third-order valence-corrected chi connectivity index (χ3v) is 10.6. The molecule has 0 bridgehead atoms. The van der Waals surface area contributed by atoms with Gasteiger partial charge in [-0.25, -0.2) is 13.1 Å². The van der Waals surface area contributed by atoms with Crippen LogP contribution in [0.25, 0.3) is 5.76 Å². The zero-order valence-electron chi connectivity index (χ0n) is 25.5. The normalized spacial score (nSPS) is 24.9. The molecule has 1 aromatic heterocycles. The van der Waals surface area contributed by atoms with Crippen molar-refractivity contribution in [1.82, 2.24) is 14.8 Å². The number of aromatic hydroxyl groups is 1. The number of nitrogens with two attached hydrogens (primary N) is 1. The number of rotatable bonds is 7. The van der Waals surface area contributed by atoms with Crippen molar-refractivity contribution < 1.29 is 47.8 Å². The van der Waals surface area contributed by atoms with E-state index < -0.39 is 80.4 Å². The smallest absolute Gasteiger partial charge is 0.255 e. The molecule has 16 heteroatoms. The Morgan fingerprint density at radius 1 is 1.18 bits per heavy atom. The maximum atomic E-state index is 14.1. The zero-order chi connectivity index (χ0) is 33.5. The number of fused-ring (bicyclic) bond motifs is 3. The number of phenolic OH excluding ortho intramolecular Hbond substituents is 1. The first kappa shape index (κ1) is 32.2. The van der Waals surface area contributed by atoms with Gasteiger partial charge in [0.25, 0.3) is 5.91 Å². The average molecular weight is 646 g/mol. The number of phenols is 1. The highest BCUT2D eigenvalue weighted by atomic mass is 32.2. The Bertz CT molecular complexity index is 1820. The van der Waals surface area contributed by atoms with Crippen LogP contribution in [0, 0.1) is 25.7 Å². The molecule has 15 nitrogen and oxygen atoms in total. The molecule has 0 aliphatic heterocycles. The van der Waals surface area contributed by atoms with E-state index in [1.807, 2.05) is 0 Å². The number of aliphatic hydroxyl groups excluding tert-OH is 2. The fourth-order valence-electron chi connectivity index (χ4n) is 6.98. The predicted molar refractivity (Wildman–Crippen MR) is 159 cm³/mol. The van der Waals surface area contributed by atoms with Gasteiger partial charge in [-0.3, -0.25) is 19.3 Å². The van der Waals surface area contributed by atoms with Gasteiger partial charge in [0.15, 0.2) is 17.1 Å². The van der Waals surface area contributed by atoms with Crippen molar-refractivity contribution in [2.75, 3.05) is 33.1 Å². The number of hydrogen-bond donors (Lipinski definition) is 6. The Hall–Kier alpha value is -4.25. The van der Waals surface area contributed by atoms with Crippen LogP contribution in [0.2, 0.25) is 0 Å². The fourth-order valence-corrected chi connectivity index (χ4v) is 8.31. The summed E-state index contributed by atoms with van der Waals surface area (Å²) in [6.45, 7) is 2.49. The number of anilines is 1. The number of sulfonamides is 1. The maximum absolute atomic E-state index is 14.1. The Morgan fingerprint density at radius 2 is 1.82 bits per heavy atom. The van der Waals surface area contributed by atoms with Crippen molar-refractivity contribution >= 4 is 38.9 Å². The molecule has 3 aliphatic carbocycles. The lowest BCUT2D eigenvalue weighted by Crippen LogP contribution is -2.65. The number of Topliss-reactive ketones (excluding diaryl/α,β-unsaturated/α-hetero) is 2. The summed E-state index contributed by atoms with van der Waals surface area (Å²) in [6.07, 6.45) is 0.0269. The quantitative estimate of drug-likeness (QED) is 0.220. The number of primary amides is 1. The van der Waals surface area contributed by atoms with Gasteiger partial charge in [0.1, 0.15) is 33.4 Å². The number of carbonyl (C=O) groups excluding carboxylic acids is 3. The largest absolute Gasteiger partial charge is 0.508 e. The van der Waals surface area contributed by atoms with Crippen molar-refractivity contribution in [2.24, 2.45) is 17.6 Å². The fraction of sp³-hybridized carbons (Fsp3) is 0.448. The summed E-state index contributed by atoms with van der Waals surface area (Å²) >= 11 is 0. The molecule has 0 unspecified atom stereocenters. The van der Waals surface area contributed by atoms with Gasteiger partial charge in [0.2, 0.25) is 15.8 Å². The third kappa shape index (κ3) is 4.62. The minimum atomic E-state index is -4.14. The van der Waals surface area contributed by atoms with Gasteiger partial charge < -0.3 is 35.6 Å². The molecule has 7 N–H and O–H groups in total. The number of aromatic nitrogens is 1. The zero-order valence-corrected chi connectivity index (χ0v) is 26.3. The predicted octanol–water partition coefficient (Wildman–Crippen LogP) is 0.113. The standard InChI is InChI=1S/C29H35N5O10S/c1-11-25(12(2)44-32-11)45(42,43)31-10-14-9-17(33(3)4)15-7-13-8-16-21(34(5)6)24(37)20(28(30)40)27(39)29(16,41)26(38)18(13)23(36)19(15)22(14)35/h9,13,16,21,31,35-36,39,41H,7-8,10H2,1-6H3,(H2,30,40)/t13-,16-,21-,29-/m1/s1. The molecule has 1 saturated carbocycles. The van der Waals surface area contributed by atoms with E-state index >= 15 is 0 Å². The first-order valence-electron chi connectivity index (χ1n) is 14.0. The molecule has 1 heterocycles. The lowest BCUT2D eigenvalue weighted by Gasteiger charge is -2.50. The second-order valence-electron chi connectivity index (χ2n) is 12.1. The highest BCUT2D eigenvalue weighted by molar-refractivity contribution is 7.89. The minimum Gasteiger partial charge on any atom is -0.508 e. The summed E-state index contributed by atoms with van der Waals surface area (Å²) in [6, 6.07) is 0.362. The first-order valence-corrected chi connectivity index (χ1v) is 15.5. The van der Waals surface area contributed by atoms with E-state index in [2.05, 4.69) is 9.88 Å². The van der Waals surface area contributed by atoms with E-state index in [0.29, 0.717) is 11.3 Å². The van der Waals surface area contributed by atoms with Crippen LogP contribution in [0.5, 0.6) is 5.75 Å².